The SMILES string of the molecule is O=C(CCCCCCCCCCCCCc1ccccn1)C(=O)c1ccccn1. The number of aromatic nitrogens is 2. The maximum Gasteiger partial charge on any atom is 0.246 e. The van der Waals surface area contributed by atoms with E-state index in [1.807, 2.05) is 12.3 Å². The van der Waals surface area contributed by atoms with Crippen LogP contribution in [0.15, 0.2) is 48.8 Å². The lowest BCUT2D eigenvalue weighted by Gasteiger charge is -2.03. The molecule has 0 unspecified atom stereocenters. The molecule has 0 amide bonds. The maximum atomic E-state index is 11.9. The molecule has 0 radical (unpaired) electrons. The Bertz CT molecular complexity index is 701. The number of hydrogen-bond donors (Lipinski definition) is 0. The summed E-state index contributed by atoms with van der Waals surface area (Å²) < 4.78 is 0. The zero-order chi connectivity index (χ0) is 20.6. The Kier molecular flexibility index (Phi) is 11.6. The van der Waals surface area contributed by atoms with Crippen LogP contribution in [0.4, 0.5) is 0 Å². The first kappa shape index (κ1) is 22.9. The molecule has 0 fully saturated rings. The van der Waals surface area contributed by atoms with Gasteiger partial charge in [0.2, 0.25) is 11.6 Å². The molecule has 0 aliphatic rings. The van der Waals surface area contributed by atoms with Crippen LogP contribution in [0, 0.1) is 0 Å². The Balaban J connectivity index is 1.35. The lowest BCUT2D eigenvalue weighted by atomic mass is 10.0. The van der Waals surface area contributed by atoms with Gasteiger partial charge in [-0.15, -0.1) is 0 Å². The summed E-state index contributed by atoms with van der Waals surface area (Å²) in [6, 6.07) is 11.2. The quantitative estimate of drug-likeness (QED) is 0.194. The monoisotopic (exact) mass is 394 g/mol. The van der Waals surface area contributed by atoms with Crippen LogP contribution < -0.4 is 0 Å². The van der Waals surface area contributed by atoms with Crippen LogP contribution in [0.3, 0.4) is 0 Å². The number of aryl methyl sites for hydroxylation is 1. The second-order valence-electron chi connectivity index (χ2n) is 7.68. The molecule has 29 heavy (non-hydrogen) atoms. The number of nitrogens with zero attached hydrogens (tertiary/aromatic N) is 2. The molecule has 2 aromatic rings. The number of Topliss-reactive ketones (excluding diaryl/α,β-unsaturated/α-hetero) is 2. The molecule has 0 aromatic carbocycles. The summed E-state index contributed by atoms with van der Waals surface area (Å²) in [5.41, 5.74) is 1.46. The summed E-state index contributed by atoms with van der Waals surface area (Å²) in [6.45, 7) is 0. The fourth-order valence-corrected chi connectivity index (χ4v) is 3.48. The molecular formula is C25H34N2O2. The Labute approximate surface area is 175 Å². The molecular weight excluding hydrogens is 360 g/mol. The Hall–Kier alpha value is -2.36. The van der Waals surface area contributed by atoms with Crippen molar-refractivity contribution in [1.29, 1.82) is 0 Å². The highest BCUT2D eigenvalue weighted by Gasteiger charge is 2.16. The van der Waals surface area contributed by atoms with E-state index in [1.165, 1.54) is 57.1 Å². The maximum absolute atomic E-state index is 11.9. The van der Waals surface area contributed by atoms with Crippen molar-refractivity contribution in [2.24, 2.45) is 0 Å². The summed E-state index contributed by atoms with van der Waals surface area (Å²) in [5, 5.41) is 0. The minimum atomic E-state index is -0.453. The summed E-state index contributed by atoms with van der Waals surface area (Å²) in [6.07, 6.45) is 18.1. The molecule has 4 heteroatoms. The first-order valence-electron chi connectivity index (χ1n) is 11.2. The molecule has 156 valence electrons. The fourth-order valence-electron chi connectivity index (χ4n) is 3.48. The van der Waals surface area contributed by atoms with E-state index >= 15 is 0 Å². The van der Waals surface area contributed by atoms with Gasteiger partial charge in [0.1, 0.15) is 5.69 Å². The molecule has 2 aromatic heterocycles. The number of pyridine rings is 2. The number of unbranched alkanes of at least 4 members (excludes halogenated alkanes) is 10. The number of ketones is 2. The third kappa shape index (κ3) is 10.1. The van der Waals surface area contributed by atoms with Crippen LogP contribution in [-0.4, -0.2) is 21.5 Å². The van der Waals surface area contributed by atoms with Crippen molar-refractivity contribution < 1.29 is 9.59 Å². The van der Waals surface area contributed by atoms with Crippen LogP contribution in [0.1, 0.15) is 93.2 Å². The summed E-state index contributed by atoms with van der Waals surface area (Å²) in [4.78, 5) is 32.2. The lowest BCUT2D eigenvalue weighted by Crippen LogP contribution is -2.15. The van der Waals surface area contributed by atoms with Gasteiger partial charge in [0, 0.05) is 24.5 Å². The standard InChI is InChI=1S/C25H34N2O2/c28-24(25(29)23-18-13-15-21-27-23)19-11-9-7-5-3-1-2-4-6-8-10-16-22-17-12-14-20-26-22/h12-15,17-18,20-21H,1-11,16,19H2. The van der Waals surface area contributed by atoms with Crippen molar-refractivity contribution >= 4 is 11.6 Å². The van der Waals surface area contributed by atoms with Gasteiger partial charge >= 0.3 is 0 Å². The number of hydrogen-bond acceptors (Lipinski definition) is 4. The third-order valence-corrected chi connectivity index (χ3v) is 5.21. The summed E-state index contributed by atoms with van der Waals surface area (Å²) >= 11 is 0. The average Bonchev–Trinajstić information content (AvgIpc) is 2.77. The molecule has 0 aliphatic heterocycles. The zero-order valence-corrected chi connectivity index (χ0v) is 17.5. The van der Waals surface area contributed by atoms with E-state index in [0.29, 0.717) is 6.42 Å². The molecule has 0 aliphatic carbocycles. The van der Waals surface area contributed by atoms with Gasteiger partial charge in [-0.25, -0.2) is 0 Å². The van der Waals surface area contributed by atoms with Crippen LogP contribution >= 0.6 is 0 Å². The van der Waals surface area contributed by atoms with Gasteiger partial charge in [0.25, 0.3) is 0 Å². The first-order chi connectivity index (χ1) is 14.3. The van der Waals surface area contributed by atoms with Gasteiger partial charge in [0.15, 0.2) is 0 Å². The largest absolute Gasteiger partial charge is 0.290 e. The van der Waals surface area contributed by atoms with Crippen molar-refractivity contribution in [3.05, 3.63) is 60.2 Å². The van der Waals surface area contributed by atoms with E-state index in [2.05, 4.69) is 22.1 Å². The highest BCUT2D eigenvalue weighted by atomic mass is 16.2. The summed E-state index contributed by atoms with van der Waals surface area (Å²) in [7, 11) is 0. The minimum Gasteiger partial charge on any atom is -0.290 e. The molecule has 2 rings (SSSR count). The number of rotatable bonds is 16. The van der Waals surface area contributed by atoms with Crippen molar-refractivity contribution in [3.63, 3.8) is 0 Å². The van der Waals surface area contributed by atoms with Gasteiger partial charge < -0.3 is 0 Å². The third-order valence-electron chi connectivity index (χ3n) is 5.21. The van der Waals surface area contributed by atoms with E-state index in [-0.39, 0.29) is 11.5 Å². The van der Waals surface area contributed by atoms with Crippen LogP contribution in [0.2, 0.25) is 0 Å². The molecule has 4 nitrogen and oxygen atoms in total. The normalized spacial score (nSPS) is 10.8. The number of carbonyl (C=O) groups is 2. The average molecular weight is 395 g/mol. The molecule has 0 bridgehead atoms. The molecule has 0 saturated heterocycles. The minimum absolute atomic E-state index is 0.259. The van der Waals surface area contributed by atoms with Crippen molar-refractivity contribution in [2.45, 2.75) is 83.5 Å². The molecule has 0 saturated carbocycles. The van der Waals surface area contributed by atoms with E-state index in [9.17, 15) is 9.59 Å². The lowest BCUT2D eigenvalue weighted by molar-refractivity contribution is -0.115. The van der Waals surface area contributed by atoms with Crippen molar-refractivity contribution in [2.75, 3.05) is 0 Å². The molecule has 0 spiro atoms. The fraction of sp³-hybridized carbons (Fsp3) is 0.520. The number of carbonyl (C=O) groups excluding carboxylic acids is 2. The van der Waals surface area contributed by atoms with E-state index < -0.39 is 5.78 Å². The molecule has 2 heterocycles. The second-order valence-corrected chi connectivity index (χ2v) is 7.68. The Morgan fingerprint density at radius 3 is 1.72 bits per heavy atom. The highest BCUT2D eigenvalue weighted by Crippen LogP contribution is 2.13. The van der Waals surface area contributed by atoms with E-state index in [4.69, 9.17) is 0 Å². The molecule has 0 N–H and O–H groups in total. The van der Waals surface area contributed by atoms with Gasteiger partial charge in [-0.1, -0.05) is 69.9 Å². The van der Waals surface area contributed by atoms with Gasteiger partial charge in [-0.2, -0.15) is 0 Å². The molecule has 0 atom stereocenters. The van der Waals surface area contributed by atoms with Crippen molar-refractivity contribution in [1.82, 2.24) is 9.97 Å². The predicted octanol–water partition coefficient (Wildman–Crippen LogP) is 6.15. The van der Waals surface area contributed by atoms with Gasteiger partial charge in [-0.3, -0.25) is 19.6 Å². The second kappa shape index (κ2) is 14.6. The van der Waals surface area contributed by atoms with Gasteiger partial charge in [-0.05, 0) is 43.5 Å². The van der Waals surface area contributed by atoms with Crippen LogP contribution in [0.5, 0.6) is 0 Å². The van der Waals surface area contributed by atoms with Gasteiger partial charge in [0.05, 0.1) is 0 Å². The van der Waals surface area contributed by atoms with Crippen LogP contribution in [-0.2, 0) is 11.2 Å². The smallest absolute Gasteiger partial charge is 0.246 e. The topological polar surface area (TPSA) is 59.9 Å². The Morgan fingerprint density at radius 2 is 1.17 bits per heavy atom. The first-order valence-corrected chi connectivity index (χ1v) is 11.2. The van der Waals surface area contributed by atoms with E-state index in [0.717, 1.165) is 25.7 Å². The van der Waals surface area contributed by atoms with Crippen LogP contribution in [0.25, 0.3) is 0 Å². The van der Waals surface area contributed by atoms with E-state index in [1.54, 1.807) is 24.4 Å². The summed E-state index contributed by atoms with van der Waals surface area (Å²) in [5.74, 6) is -0.766. The highest BCUT2D eigenvalue weighted by molar-refractivity contribution is 6.43. The predicted molar refractivity (Wildman–Crippen MR) is 117 cm³/mol. The zero-order valence-electron chi connectivity index (χ0n) is 17.5. The van der Waals surface area contributed by atoms with Crippen molar-refractivity contribution in [3.8, 4) is 0 Å². The Morgan fingerprint density at radius 1 is 0.621 bits per heavy atom.